The minimum Gasteiger partial charge on any atom is -0.410 e. The van der Waals surface area contributed by atoms with Crippen molar-refractivity contribution in [3.8, 4) is 0 Å². The summed E-state index contributed by atoms with van der Waals surface area (Å²) in [6.45, 7) is 3.65. The van der Waals surface area contributed by atoms with Crippen molar-refractivity contribution in [1.29, 1.82) is 0 Å². The first-order valence-corrected chi connectivity index (χ1v) is 7.56. The number of hydrogen-bond acceptors (Lipinski definition) is 6. The highest BCUT2D eigenvalue weighted by Crippen LogP contribution is 2.14. The zero-order chi connectivity index (χ0) is 13.8. The van der Waals surface area contributed by atoms with E-state index in [1.54, 1.807) is 6.92 Å². The highest BCUT2D eigenvalue weighted by Gasteiger charge is 2.20. The third-order valence-electron chi connectivity index (χ3n) is 2.24. The number of carbonyl (C=O) groups is 1. The van der Waals surface area contributed by atoms with E-state index in [-0.39, 0.29) is 11.8 Å². The number of nitrogens with one attached hydrogen (secondary N) is 1. The summed E-state index contributed by atoms with van der Waals surface area (Å²) in [5.41, 5.74) is 0. The van der Waals surface area contributed by atoms with Gasteiger partial charge in [-0.1, -0.05) is 18.4 Å². The Morgan fingerprint density at radius 1 is 1.44 bits per heavy atom. The summed E-state index contributed by atoms with van der Waals surface area (Å²) in [5.74, 6) is -0.0382. The minimum absolute atomic E-state index is 0.0836. The van der Waals surface area contributed by atoms with Gasteiger partial charge in [0.05, 0.1) is 0 Å². The van der Waals surface area contributed by atoms with Crippen LogP contribution in [0.4, 0.5) is 0 Å². The number of unbranched alkanes of at least 4 members (excludes halogenated alkanes) is 1. The summed E-state index contributed by atoms with van der Waals surface area (Å²) in [7, 11) is -3.51. The molecular weight excluding hydrogens is 258 g/mol. The van der Waals surface area contributed by atoms with Crippen molar-refractivity contribution >= 4 is 15.7 Å². The lowest BCUT2D eigenvalue weighted by molar-refractivity contribution is -0.122. The summed E-state index contributed by atoms with van der Waals surface area (Å²) in [6.07, 6.45) is 3.14. The molecule has 18 heavy (non-hydrogen) atoms. The predicted molar refractivity (Wildman–Crippen MR) is 63.5 cm³/mol. The molecule has 0 aliphatic rings. The van der Waals surface area contributed by atoms with E-state index in [1.807, 2.05) is 6.92 Å². The number of nitrogens with zero attached hydrogens (tertiary/aromatic N) is 2. The van der Waals surface area contributed by atoms with Gasteiger partial charge in [-0.3, -0.25) is 4.79 Å². The number of rotatable bonds is 6. The van der Waals surface area contributed by atoms with Gasteiger partial charge in [-0.15, -0.1) is 5.10 Å². The molecule has 0 aliphatic heterocycles. The van der Waals surface area contributed by atoms with Crippen molar-refractivity contribution in [3.63, 3.8) is 0 Å². The van der Waals surface area contributed by atoms with Crippen LogP contribution in [0.15, 0.2) is 9.64 Å². The summed E-state index contributed by atoms with van der Waals surface area (Å²) >= 11 is 0. The third-order valence-corrected chi connectivity index (χ3v) is 3.04. The van der Waals surface area contributed by atoms with Gasteiger partial charge in [0.25, 0.3) is 0 Å². The molecule has 7 nitrogen and oxygen atoms in total. The molecular formula is C10H17N3O4S. The lowest BCUT2D eigenvalue weighted by Gasteiger charge is -2.09. The normalized spacial score (nSPS) is 13.3. The van der Waals surface area contributed by atoms with Crippen LogP contribution in [0.2, 0.25) is 0 Å². The quantitative estimate of drug-likeness (QED) is 0.825. The van der Waals surface area contributed by atoms with Crippen molar-refractivity contribution in [2.75, 3.05) is 6.26 Å². The number of aromatic nitrogens is 2. The Morgan fingerprint density at radius 2 is 2.11 bits per heavy atom. The number of amides is 1. The molecule has 0 bridgehead atoms. The molecule has 1 amide bonds. The maximum Gasteiger partial charge on any atom is 0.335 e. The van der Waals surface area contributed by atoms with Crippen molar-refractivity contribution in [2.24, 2.45) is 0 Å². The molecule has 0 aromatic carbocycles. The van der Waals surface area contributed by atoms with Crippen molar-refractivity contribution in [1.82, 2.24) is 15.5 Å². The number of hydrogen-bond donors (Lipinski definition) is 1. The molecule has 0 fully saturated rings. The molecule has 1 rings (SSSR count). The maximum atomic E-state index is 11.5. The molecule has 0 spiro atoms. The van der Waals surface area contributed by atoms with E-state index in [4.69, 9.17) is 4.42 Å². The summed E-state index contributed by atoms with van der Waals surface area (Å²) in [6, 6.07) is -0.502. The summed E-state index contributed by atoms with van der Waals surface area (Å²) in [4.78, 5) is 11.5. The van der Waals surface area contributed by atoms with Gasteiger partial charge in [-0.25, -0.2) is 8.42 Å². The van der Waals surface area contributed by atoms with Gasteiger partial charge in [-0.05, 0) is 13.3 Å². The summed E-state index contributed by atoms with van der Waals surface area (Å²) in [5, 5.41) is 9.26. The fraction of sp³-hybridized carbons (Fsp3) is 0.700. The van der Waals surface area contributed by atoms with E-state index in [9.17, 15) is 13.2 Å². The van der Waals surface area contributed by atoms with Crippen LogP contribution in [0.5, 0.6) is 0 Å². The molecule has 8 heteroatoms. The lowest BCUT2D eigenvalue weighted by atomic mass is 10.2. The predicted octanol–water partition coefficient (Wildman–Crippen LogP) is 0.841. The molecule has 102 valence electrons. The molecule has 0 unspecified atom stereocenters. The minimum atomic E-state index is -3.51. The molecule has 0 saturated heterocycles. The monoisotopic (exact) mass is 275 g/mol. The molecule has 1 aromatic heterocycles. The Kier molecular flexibility index (Phi) is 4.83. The SMILES string of the molecule is CCCCC(=O)N[C@@H](C)c1nnc(S(C)(=O)=O)o1. The standard InChI is InChI=1S/C10H17N3O4S/c1-4-5-6-8(14)11-7(2)9-12-13-10(17-9)18(3,15)16/h7H,4-6H2,1-3H3,(H,11,14)/t7-/m0/s1. The first-order chi connectivity index (χ1) is 8.34. The first kappa shape index (κ1) is 14.6. The molecule has 0 saturated carbocycles. The summed E-state index contributed by atoms with van der Waals surface area (Å²) < 4.78 is 27.3. The smallest absolute Gasteiger partial charge is 0.335 e. The van der Waals surface area contributed by atoms with Gasteiger partial charge in [0.2, 0.25) is 21.6 Å². The molecule has 1 N–H and O–H groups in total. The molecule has 0 radical (unpaired) electrons. The third kappa shape index (κ3) is 4.10. The van der Waals surface area contributed by atoms with Gasteiger partial charge in [0, 0.05) is 12.7 Å². The van der Waals surface area contributed by atoms with Crippen molar-refractivity contribution in [2.45, 2.75) is 44.4 Å². The second kappa shape index (κ2) is 5.94. The molecule has 0 aliphatic carbocycles. The van der Waals surface area contributed by atoms with E-state index < -0.39 is 21.1 Å². The van der Waals surface area contributed by atoms with Gasteiger partial charge in [0.15, 0.2) is 0 Å². The van der Waals surface area contributed by atoms with Crippen molar-refractivity contribution < 1.29 is 17.6 Å². The van der Waals surface area contributed by atoms with Crippen LogP contribution in [0.25, 0.3) is 0 Å². The van der Waals surface area contributed by atoms with Gasteiger partial charge >= 0.3 is 5.22 Å². The van der Waals surface area contributed by atoms with Crippen molar-refractivity contribution in [3.05, 3.63) is 5.89 Å². The topological polar surface area (TPSA) is 102 Å². The van der Waals surface area contributed by atoms with Gasteiger partial charge < -0.3 is 9.73 Å². The highest BCUT2D eigenvalue weighted by molar-refractivity contribution is 7.90. The second-order valence-electron chi connectivity index (χ2n) is 4.07. The fourth-order valence-corrected chi connectivity index (χ4v) is 1.68. The van der Waals surface area contributed by atoms with Crippen LogP contribution in [0.1, 0.15) is 45.0 Å². The Balaban J connectivity index is 2.65. The average molecular weight is 275 g/mol. The Hall–Kier alpha value is -1.44. The molecule has 1 atom stereocenters. The second-order valence-corrected chi connectivity index (χ2v) is 5.96. The highest BCUT2D eigenvalue weighted by atomic mass is 32.2. The largest absolute Gasteiger partial charge is 0.410 e. The Bertz CT molecular complexity index is 509. The van der Waals surface area contributed by atoms with Crippen LogP contribution < -0.4 is 5.32 Å². The fourth-order valence-electron chi connectivity index (χ4n) is 1.26. The van der Waals surface area contributed by atoms with E-state index in [1.165, 1.54) is 0 Å². The van der Waals surface area contributed by atoms with Gasteiger partial charge in [0.1, 0.15) is 6.04 Å². The van der Waals surface area contributed by atoms with Gasteiger partial charge in [-0.2, -0.15) is 0 Å². The van der Waals surface area contributed by atoms with E-state index in [0.717, 1.165) is 19.1 Å². The average Bonchev–Trinajstić information content (AvgIpc) is 2.75. The molecule has 1 heterocycles. The van der Waals surface area contributed by atoms with E-state index in [0.29, 0.717) is 6.42 Å². The number of sulfone groups is 1. The van der Waals surface area contributed by atoms with E-state index >= 15 is 0 Å². The lowest BCUT2D eigenvalue weighted by Crippen LogP contribution is -2.26. The van der Waals surface area contributed by atoms with E-state index in [2.05, 4.69) is 15.5 Å². The Morgan fingerprint density at radius 3 is 2.61 bits per heavy atom. The zero-order valence-electron chi connectivity index (χ0n) is 10.6. The maximum absolute atomic E-state index is 11.5. The molecule has 1 aromatic rings. The zero-order valence-corrected chi connectivity index (χ0v) is 11.5. The number of carbonyl (C=O) groups excluding carboxylic acids is 1. The van der Waals surface area contributed by atoms with Crippen LogP contribution in [-0.4, -0.2) is 30.8 Å². The van der Waals surface area contributed by atoms with Crippen LogP contribution in [0.3, 0.4) is 0 Å². The first-order valence-electron chi connectivity index (χ1n) is 5.67. The van der Waals surface area contributed by atoms with Crippen LogP contribution >= 0.6 is 0 Å². The van der Waals surface area contributed by atoms with Crippen LogP contribution in [-0.2, 0) is 14.6 Å². The van der Waals surface area contributed by atoms with Crippen LogP contribution in [0, 0.1) is 0 Å². The Labute approximate surface area is 106 Å².